The zero-order valence-electron chi connectivity index (χ0n) is 10.9. The van der Waals surface area contributed by atoms with Crippen LogP contribution in [0.1, 0.15) is 51.9 Å². The molecule has 0 unspecified atom stereocenters. The molecule has 0 bridgehead atoms. The van der Waals surface area contributed by atoms with E-state index in [1.807, 2.05) is 0 Å². The first-order valence-corrected chi connectivity index (χ1v) is 7.32. The second-order valence-corrected chi connectivity index (χ2v) is 5.69. The maximum absolute atomic E-state index is 3.74. The molecule has 2 rings (SSSR count). The molecular formula is C14H28N2. The van der Waals surface area contributed by atoms with E-state index in [4.69, 9.17) is 0 Å². The van der Waals surface area contributed by atoms with E-state index < -0.39 is 0 Å². The molecule has 1 N–H and O–H groups in total. The summed E-state index contributed by atoms with van der Waals surface area (Å²) < 4.78 is 0. The van der Waals surface area contributed by atoms with Gasteiger partial charge in [0.05, 0.1) is 0 Å². The topological polar surface area (TPSA) is 15.3 Å². The van der Waals surface area contributed by atoms with Crippen LogP contribution < -0.4 is 5.32 Å². The zero-order chi connectivity index (χ0) is 11.2. The zero-order valence-corrected chi connectivity index (χ0v) is 10.9. The van der Waals surface area contributed by atoms with Crippen molar-refractivity contribution in [2.75, 3.05) is 26.2 Å². The summed E-state index contributed by atoms with van der Waals surface area (Å²) in [5, 5.41) is 3.74. The van der Waals surface area contributed by atoms with Gasteiger partial charge in [0.1, 0.15) is 0 Å². The highest BCUT2D eigenvalue weighted by Crippen LogP contribution is 2.26. The fourth-order valence-corrected chi connectivity index (χ4v) is 3.26. The van der Waals surface area contributed by atoms with E-state index >= 15 is 0 Å². The van der Waals surface area contributed by atoms with Gasteiger partial charge in [0.2, 0.25) is 0 Å². The van der Waals surface area contributed by atoms with Gasteiger partial charge in [-0.05, 0) is 51.6 Å². The minimum atomic E-state index is 0.739. The van der Waals surface area contributed by atoms with E-state index in [9.17, 15) is 0 Å². The van der Waals surface area contributed by atoms with Crippen LogP contribution in [-0.4, -0.2) is 37.1 Å². The van der Waals surface area contributed by atoms with Gasteiger partial charge in [-0.15, -0.1) is 0 Å². The highest BCUT2D eigenvalue weighted by Gasteiger charge is 2.19. The first-order chi connectivity index (χ1) is 7.86. The molecule has 0 aromatic rings. The molecule has 2 heteroatoms. The highest BCUT2D eigenvalue weighted by atomic mass is 15.2. The quantitative estimate of drug-likeness (QED) is 0.772. The summed E-state index contributed by atoms with van der Waals surface area (Å²) in [6.45, 7) is 7.51. The molecule has 0 aromatic carbocycles. The van der Waals surface area contributed by atoms with Crippen molar-refractivity contribution in [3.05, 3.63) is 0 Å². The van der Waals surface area contributed by atoms with E-state index in [0.29, 0.717) is 0 Å². The van der Waals surface area contributed by atoms with Crippen LogP contribution in [0.2, 0.25) is 0 Å². The molecule has 1 aliphatic carbocycles. The summed E-state index contributed by atoms with van der Waals surface area (Å²) in [5.41, 5.74) is 0. The van der Waals surface area contributed by atoms with Gasteiger partial charge in [-0.25, -0.2) is 0 Å². The van der Waals surface area contributed by atoms with Gasteiger partial charge in [0, 0.05) is 19.1 Å². The van der Waals surface area contributed by atoms with Gasteiger partial charge in [-0.2, -0.15) is 0 Å². The number of rotatable bonds is 5. The smallest absolute Gasteiger partial charge is 0.0107 e. The van der Waals surface area contributed by atoms with Crippen LogP contribution in [-0.2, 0) is 0 Å². The van der Waals surface area contributed by atoms with Crippen LogP contribution >= 0.6 is 0 Å². The van der Waals surface area contributed by atoms with Crippen LogP contribution in [0.4, 0.5) is 0 Å². The highest BCUT2D eigenvalue weighted by molar-refractivity contribution is 4.76. The van der Waals surface area contributed by atoms with Gasteiger partial charge in [-0.3, -0.25) is 0 Å². The van der Waals surface area contributed by atoms with Crippen LogP contribution in [0.15, 0.2) is 0 Å². The number of hydrogen-bond donors (Lipinski definition) is 1. The first-order valence-electron chi connectivity index (χ1n) is 7.32. The lowest BCUT2D eigenvalue weighted by atomic mass is 9.84. The van der Waals surface area contributed by atoms with Gasteiger partial charge in [-0.1, -0.05) is 19.3 Å². The third kappa shape index (κ3) is 3.74. The van der Waals surface area contributed by atoms with E-state index in [-0.39, 0.29) is 0 Å². The molecule has 1 atom stereocenters. The normalized spacial score (nSPS) is 26.1. The van der Waals surface area contributed by atoms with Crippen LogP contribution in [0.5, 0.6) is 0 Å². The van der Waals surface area contributed by atoms with Gasteiger partial charge < -0.3 is 10.2 Å². The monoisotopic (exact) mass is 224 g/mol. The summed E-state index contributed by atoms with van der Waals surface area (Å²) in [7, 11) is 0. The lowest BCUT2D eigenvalue weighted by Crippen LogP contribution is -2.39. The van der Waals surface area contributed by atoms with Crippen molar-refractivity contribution in [2.45, 2.75) is 57.9 Å². The number of nitrogens with zero attached hydrogens (tertiary/aromatic N) is 1. The molecule has 2 nitrogen and oxygen atoms in total. The Hall–Kier alpha value is -0.0800. The molecule has 0 spiro atoms. The van der Waals surface area contributed by atoms with Crippen LogP contribution in [0, 0.1) is 5.92 Å². The first kappa shape index (κ1) is 12.4. The van der Waals surface area contributed by atoms with Crippen molar-refractivity contribution < 1.29 is 0 Å². The van der Waals surface area contributed by atoms with Crippen molar-refractivity contribution in [1.29, 1.82) is 0 Å². The molecule has 2 fully saturated rings. The van der Waals surface area contributed by atoms with Crippen molar-refractivity contribution in [3.63, 3.8) is 0 Å². The standard InChI is InChI=1S/C14H28N2/c1-13(14-7-3-2-4-8-14)15-9-12-16-10-5-6-11-16/h13-15H,2-12H2,1H3/t13-/m0/s1. The maximum atomic E-state index is 3.74. The largest absolute Gasteiger partial charge is 0.313 e. The third-order valence-corrected chi connectivity index (χ3v) is 4.45. The molecule has 1 heterocycles. The van der Waals surface area contributed by atoms with Gasteiger partial charge in [0.25, 0.3) is 0 Å². The van der Waals surface area contributed by atoms with E-state index in [1.165, 1.54) is 71.1 Å². The number of hydrogen-bond acceptors (Lipinski definition) is 2. The Morgan fingerprint density at radius 3 is 2.44 bits per heavy atom. The molecule has 1 saturated heterocycles. The Kier molecular flexibility index (Phi) is 5.11. The van der Waals surface area contributed by atoms with Crippen LogP contribution in [0.25, 0.3) is 0 Å². The summed E-state index contributed by atoms with van der Waals surface area (Å²) in [5.74, 6) is 0.951. The fourth-order valence-electron chi connectivity index (χ4n) is 3.26. The van der Waals surface area contributed by atoms with Crippen molar-refractivity contribution in [2.24, 2.45) is 5.92 Å². The van der Waals surface area contributed by atoms with Gasteiger partial charge in [0.15, 0.2) is 0 Å². The second kappa shape index (κ2) is 6.61. The molecule has 0 radical (unpaired) electrons. The molecule has 0 aromatic heterocycles. The summed E-state index contributed by atoms with van der Waals surface area (Å²) in [6.07, 6.45) is 10.1. The lowest BCUT2D eigenvalue weighted by Gasteiger charge is -2.29. The summed E-state index contributed by atoms with van der Waals surface area (Å²) in [4.78, 5) is 2.60. The SMILES string of the molecule is C[C@H](NCCN1CCCC1)C1CCCCC1. The molecule has 1 saturated carbocycles. The fraction of sp³-hybridized carbons (Fsp3) is 1.00. The molecule has 0 amide bonds. The van der Waals surface area contributed by atoms with Crippen molar-refractivity contribution in [1.82, 2.24) is 10.2 Å². The Morgan fingerprint density at radius 2 is 1.75 bits per heavy atom. The predicted molar refractivity (Wildman–Crippen MR) is 69.7 cm³/mol. The Bertz CT molecular complexity index is 181. The van der Waals surface area contributed by atoms with E-state index in [1.54, 1.807) is 0 Å². The van der Waals surface area contributed by atoms with E-state index in [0.717, 1.165) is 12.0 Å². The van der Waals surface area contributed by atoms with Crippen molar-refractivity contribution in [3.8, 4) is 0 Å². The molecule has 1 aliphatic heterocycles. The van der Waals surface area contributed by atoms with Crippen molar-refractivity contribution >= 4 is 0 Å². The minimum absolute atomic E-state index is 0.739. The van der Waals surface area contributed by atoms with Gasteiger partial charge >= 0.3 is 0 Å². The average molecular weight is 224 g/mol. The van der Waals surface area contributed by atoms with E-state index in [2.05, 4.69) is 17.1 Å². The maximum Gasteiger partial charge on any atom is 0.0107 e. The molecule has 16 heavy (non-hydrogen) atoms. The summed E-state index contributed by atoms with van der Waals surface area (Å²) >= 11 is 0. The molecular weight excluding hydrogens is 196 g/mol. The Balaban J connectivity index is 1.57. The number of nitrogens with one attached hydrogen (secondary N) is 1. The second-order valence-electron chi connectivity index (χ2n) is 5.69. The number of likely N-dealkylation sites (tertiary alicyclic amines) is 1. The molecule has 94 valence electrons. The average Bonchev–Trinajstić information content (AvgIpc) is 2.83. The Labute approximate surface area is 101 Å². The Morgan fingerprint density at radius 1 is 1.06 bits per heavy atom. The predicted octanol–water partition coefficient (Wildman–Crippen LogP) is 2.64. The minimum Gasteiger partial charge on any atom is -0.313 e. The van der Waals surface area contributed by atoms with Crippen LogP contribution in [0.3, 0.4) is 0 Å². The third-order valence-electron chi connectivity index (χ3n) is 4.45. The summed E-state index contributed by atoms with van der Waals surface area (Å²) in [6, 6.07) is 0.739. The molecule has 2 aliphatic rings. The lowest BCUT2D eigenvalue weighted by molar-refractivity contribution is 0.265.